The average molecular weight is 430 g/mol. The number of nitrogens with zero attached hydrogens (tertiary/aromatic N) is 4. The summed E-state index contributed by atoms with van der Waals surface area (Å²) in [6.07, 6.45) is 1.43. The molecule has 8 heteroatoms. The maximum absolute atomic E-state index is 13.1. The summed E-state index contributed by atoms with van der Waals surface area (Å²) < 4.78 is 13.1. The zero-order chi connectivity index (χ0) is 20.9. The molecule has 0 saturated carbocycles. The van der Waals surface area contributed by atoms with Crippen LogP contribution >= 0.6 is 11.3 Å². The molecule has 0 bridgehead atoms. The summed E-state index contributed by atoms with van der Waals surface area (Å²) in [5.41, 5.74) is 2.34. The van der Waals surface area contributed by atoms with E-state index < -0.39 is 0 Å². The third-order valence-corrected chi connectivity index (χ3v) is 6.79. The highest BCUT2D eigenvalue weighted by Crippen LogP contribution is 2.24. The molecule has 1 amide bonds. The Bertz CT molecular complexity index is 889. The molecule has 160 valence electrons. The molecule has 3 heterocycles. The molecule has 2 aliphatic rings. The van der Waals surface area contributed by atoms with Crippen molar-refractivity contribution in [3.63, 3.8) is 0 Å². The predicted molar refractivity (Wildman–Crippen MR) is 120 cm³/mol. The number of nitrogens with one attached hydrogen (secondary N) is 1. The minimum Gasteiger partial charge on any atom is -0.368 e. The normalized spacial score (nSPS) is 17.1. The Labute approximate surface area is 181 Å². The van der Waals surface area contributed by atoms with Crippen LogP contribution in [0.5, 0.6) is 0 Å². The van der Waals surface area contributed by atoms with Crippen LogP contribution in [0.3, 0.4) is 0 Å². The van der Waals surface area contributed by atoms with Crippen molar-refractivity contribution < 1.29 is 9.18 Å². The van der Waals surface area contributed by atoms with Crippen molar-refractivity contribution >= 4 is 28.9 Å². The largest absolute Gasteiger partial charge is 0.368 e. The number of fused-ring (bicyclic) bond motifs is 1. The average Bonchev–Trinajstić information content (AvgIpc) is 3.25. The van der Waals surface area contributed by atoms with Gasteiger partial charge in [-0.2, -0.15) is 0 Å². The monoisotopic (exact) mass is 429 g/mol. The van der Waals surface area contributed by atoms with Gasteiger partial charge in [-0.15, -0.1) is 11.3 Å². The molecule has 1 aromatic carbocycles. The number of amides is 1. The molecule has 0 aliphatic carbocycles. The highest BCUT2D eigenvalue weighted by atomic mass is 32.1. The number of anilines is 1. The van der Waals surface area contributed by atoms with E-state index in [1.807, 2.05) is 17.0 Å². The lowest BCUT2D eigenvalue weighted by Gasteiger charge is -2.37. The topological polar surface area (TPSA) is 51.2 Å². The van der Waals surface area contributed by atoms with Crippen LogP contribution in [0, 0.1) is 5.82 Å². The Hall–Kier alpha value is -2.61. The molecule has 30 heavy (non-hydrogen) atoms. The van der Waals surface area contributed by atoms with Gasteiger partial charge in [0.1, 0.15) is 5.82 Å². The zero-order valence-corrected chi connectivity index (χ0v) is 18.1. The Morgan fingerprint density at radius 1 is 1.10 bits per heavy atom. The van der Waals surface area contributed by atoms with Gasteiger partial charge in [0.15, 0.2) is 5.96 Å². The molecular weight excluding hydrogens is 401 g/mol. The van der Waals surface area contributed by atoms with E-state index in [4.69, 9.17) is 0 Å². The summed E-state index contributed by atoms with van der Waals surface area (Å²) in [5.74, 6) is 0.813. The van der Waals surface area contributed by atoms with Crippen LogP contribution in [0.1, 0.15) is 16.9 Å². The number of carbonyl (C=O) groups is 1. The van der Waals surface area contributed by atoms with E-state index in [1.54, 1.807) is 18.4 Å². The van der Waals surface area contributed by atoms with Crippen LogP contribution in [-0.2, 0) is 17.8 Å². The second-order valence-corrected chi connectivity index (χ2v) is 8.61. The van der Waals surface area contributed by atoms with Crippen molar-refractivity contribution in [3.05, 3.63) is 52.0 Å². The number of hydrogen-bond acceptors (Lipinski definition) is 4. The van der Waals surface area contributed by atoms with Crippen LogP contribution in [0.15, 0.2) is 40.7 Å². The van der Waals surface area contributed by atoms with Crippen LogP contribution in [0.25, 0.3) is 0 Å². The number of piperazine rings is 1. The summed E-state index contributed by atoms with van der Waals surface area (Å²) >= 11 is 1.79. The number of hydrogen-bond donors (Lipinski definition) is 1. The zero-order valence-electron chi connectivity index (χ0n) is 17.3. The molecule has 0 radical (unpaired) electrons. The lowest BCUT2D eigenvalue weighted by Crippen LogP contribution is -2.53. The number of thiophene rings is 1. The lowest BCUT2D eigenvalue weighted by atomic mass is 10.1. The van der Waals surface area contributed by atoms with Crippen molar-refractivity contribution in [3.8, 4) is 0 Å². The van der Waals surface area contributed by atoms with E-state index in [2.05, 4.69) is 31.6 Å². The number of rotatable bonds is 4. The molecule has 0 unspecified atom stereocenters. The van der Waals surface area contributed by atoms with Crippen molar-refractivity contribution in [2.45, 2.75) is 19.4 Å². The van der Waals surface area contributed by atoms with Crippen molar-refractivity contribution in [1.29, 1.82) is 0 Å². The first-order valence-corrected chi connectivity index (χ1v) is 11.3. The van der Waals surface area contributed by atoms with E-state index in [9.17, 15) is 9.18 Å². The second kappa shape index (κ2) is 9.47. The quantitative estimate of drug-likeness (QED) is 0.600. The molecule has 2 aliphatic heterocycles. The SMILES string of the molecule is CN=C(NCCC(=O)N1CCc2sccc2C1)N1CCN(c2ccc(F)cc2)CC1. The molecule has 4 rings (SSSR count). The van der Waals surface area contributed by atoms with Crippen LogP contribution < -0.4 is 10.2 Å². The van der Waals surface area contributed by atoms with Gasteiger partial charge in [0, 0.05) is 69.8 Å². The fraction of sp³-hybridized carbons (Fsp3) is 0.455. The molecule has 1 aromatic heterocycles. The van der Waals surface area contributed by atoms with Gasteiger partial charge in [0.2, 0.25) is 5.91 Å². The molecule has 2 aromatic rings. The minimum absolute atomic E-state index is 0.191. The molecule has 0 spiro atoms. The fourth-order valence-electron chi connectivity index (χ4n) is 4.06. The first-order chi connectivity index (χ1) is 14.6. The number of guanidine groups is 1. The molecule has 1 saturated heterocycles. The lowest BCUT2D eigenvalue weighted by molar-refractivity contribution is -0.131. The Morgan fingerprint density at radius 3 is 2.60 bits per heavy atom. The summed E-state index contributed by atoms with van der Waals surface area (Å²) in [6.45, 7) is 5.49. The molecule has 0 atom stereocenters. The van der Waals surface area contributed by atoms with Gasteiger partial charge < -0.3 is 20.0 Å². The first-order valence-electron chi connectivity index (χ1n) is 10.4. The Balaban J connectivity index is 1.22. The fourth-order valence-corrected chi connectivity index (χ4v) is 4.95. The van der Waals surface area contributed by atoms with Gasteiger partial charge in [-0.25, -0.2) is 4.39 Å². The summed E-state index contributed by atoms with van der Waals surface area (Å²) in [7, 11) is 1.78. The van der Waals surface area contributed by atoms with Crippen molar-refractivity contribution in [2.75, 3.05) is 51.2 Å². The maximum atomic E-state index is 13.1. The van der Waals surface area contributed by atoms with Crippen LogP contribution in [-0.4, -0.2) is 68.0 Å². The third kappa shape index (κ3) is 4.75. The molecule has 6 nitrogen and oxygen atoms in total. The molecular formula is C22H28FN5OS. The summed E-state index contributed by atoms with van der Waals surface area (Å²) in [4.78, 5) is 24.8. The smallest absolute Gasteiger partial charge is 0.224 e. The molecule has 1 fully saturated rings. The second-order valence-electron chi connectivity index (χ2n) is 7.61. The van der Waals surface area contributed by atoms with Gasteiger partial charge in [-0.05, 0) is 47.7 Å². The van der Waals surface area contributed by atoms with E-state index in [-0.39, 0.29) is 11.7 Å². The third-order valence-electron chi connectivity index (χ3n) is 5.77. The van der Waals surface area contributed by atoms with E-state index in [0.717, 1.165) is 57.3 Å². The van der Waals surface area contributed by atoms with Gasteiger partial charge in [-0.3, -0.25) is 9.79 Å². The van der Waals surface area contributed by atoms with Gasteiger partial charge >= 0.3 is 0 Å². The van der Waals surface area contributed by atoms with Gasteiger partial charge in [0.25, 0.3) is 0 Å². The highest BCUT2D eigenvalue weighted by molar-refractivity contribution is 7.10. The number of aliphatic imine (C=N–C) groups is 1. The standard InChI is InChI=1S/C22H28FN5OS/c1-24-22(27-13-11-26(12-14-27)19-4-2-18(23)3-5-19)25-9-6-21(29)28-10-7-20-17(16-28)8-15-30-20/h2-5,8,15H,6-7,9-14,16H2,1H3,(H,24,25). The van der Waals surface area contributed by atoms with E-state index in [1.165, 1.54) is 22.6 Å². The van der Waals surface area contributed by atoms with Gasteiger partial charge in [0.05, 0.1) is 0 Å². The van der Waals surface area contributed by atoms with Crippen molar-refractivity contribution in [1.82, 2.24) is 15.1 Å². The Morgan fingerprint density at radius 2 is 1.87 bits per heavy atom. The highest BCUT2D eigenvalue weighted by Gasteiger charge is 2.22. The molecule has 1 N–H and O–H groups in total. The van der Waals surface area contributed by atoms with Crippen LogP contribution in [0.2, 0.25) is 0 Å². The minimum atomic E-state index is -0.211. The maximum Gasteiger partial charge on any atom is 0.224 e. The van der Waals surface area contributed by atoms with E-state index >= 15 is 0 Å². The Kier molecular flexibility index (Phi) is 6.52. The number of benzene rings is 1. The first kappa shape index (κ1) is 20.7. The van der Waals surface area contributed by atoms with Gasteiger partial charge in [-0.1, -0.05) is 0 Å². The van der Waals surface area contributed by atoms with Crippen LogP contribution in [0.4, 0.5) is 10.1 Å². The predicted octanol–water partition coefficient (Wildman–Crippen LogP) is 2.56. The number of halogens is 1. The summed E-state index contributed by atoms with van der Waals surface area (Å²) in [5, 5.41) is 5.46. The van der Waals surface area contributed by atoms with E-state index in [0.29, 0.717) is 13.0 Å². The van der Waals surface area contributed by atoms with Crippen molar-refractivity contribution in [2.24, 2.45) is 4.99 Å². The number of carbonyl (C=O) groups excluding carboxylic acids is 1. The summed E-state index contributed by atoms with van der Waals surface area (Å²) in [6, 6.07) is 8.78.